The van der Waals surface area contributed by atoms with Crippen molar-refractivity contribution in [1.82, 2.24) is 14.7 Å². The second-order valence-corrected chi connectivity index (χ2v) is 5.33. The van der Waals surface area contributed by atoms with Gasteiger partial charge in [-0.1, -0.05) is 0 Å². The standard InChI is InChI=1S/C12H20N4O3/c1-8(18)16-6-10(12(16,2)3)19-11-9(13-7-17)5-15(4)14-11/h5,7-8,10,18H,6H2,1-4H3,(H,13,17). The van der Waals surface area contributed by atoms with Gasteiger partial charge >= 0.3 is 0 Å². The Balaban J connectivity index is 2.09. The molecular weight excluding hydrogens is 248 g/mol. The maximum Gasteiger partial charge on any atom is 0.257 e. The van der Waals surface area contributed by atoms with Gasteiger partial charge in [-0.05, 0) is 20.8 Å². The zero-order chi connectivity index (χ0) is 14.2. The highest BCUT2D eigenvalue weighted by Gasteiger charge is 2.50. The molecule has 1 aromatic rings. The zero-order valence-corrected chi connectivity index (χ0v) is 11.6. The third-order valence-electron chi connectivity index (χ3n) is 3.60. The van der Waals surface area contributed by atoms with Crippen molar-refractivity contribution in [1.29, 1.82) is 0 Å². The molecule has 0 radical (unpaired) electrons. The third kappa shape index (κ3) is 2.43. The lowest BCUT2D eigenvalue weighted by Crippen LogP contribution is -2.71. The molecule has 2 unspecified atom stereocenters. The Morgan fingerprint density at radius 2 is 2.37 bits per heavy atom. The van der Waals surface area contributed by atoms with Crippen molar-refractivity contribution < 1.29 is 14.6 Å². The van der Waals surface area contributed by atoms with Crippen molar-refractivity contribution in [2.75, 3.05) is 11.9 Å². The Morgan fingerprint density at radius 3 is 2.89 bits per heavy atom. The van der Waals surface area contributed by atoms with Gasteiger partial charge in [0.2, 0.25) is 6.41 Å². The summed E-state index contributed by atoms with van der Waals surface area (Å²) >= 11 is 0. The lowest BCUT2D eigenvalue weighted by Gasteiger charge is -2.55. The number of carbonyl (C=O) groups is 1. The van der Waals surface area contributed by atoms with Crippen molar-refractivity contribution in [3.63, 3.8) is 0 Å². The molecule has 2 atom stereocenters. The number of hydrogen-bond acceptors (Lipinski definition) is 5. The summed E-state index contributed by atoms with van der Waals surface area (Å²) in [5.41, 5.74) is 0.272. The molecule has 7 nitrogen and oxygen atoms in total. The van der Waals surface area contributed by atoms with Gasteiger partial charge in [0, 0.05) is 13.6 Å². The molecule has 2 rings (SSSR count). The van der Waals surface area contributed by atoms with Crippen LogP contribution in [0.2, 0.25) is 0 Å². The number of rotatable bonds is 5. The van der Waals surface area contributed by atoms with E-state index in [-0.39, 0.29) is 11.6 Å². The molecule has 0 aliphatic carbocycles. The quantitative estimate of drug-likeness (QED) is 0.744. The first kappa shape index (κ1) is 13.8. The van der Waals surface area contributed by atoms with E-state index in [9.17, 15) is 9.90 Å². The molecule has 106 valence electrons. The molecule has 2 heterocycles. The van der Waals surface area contributed by atoms with E-state index in [1.165, 1.54) is 0 Å². The number of ether oxygens (including phenoxy) is 1. The number of nitrogens with one attached hydrogen (secondary N) is 1. The first-order valence-electron chi connectivity index (χ1n) is 6.21. The van der Waals surface area contributed by atoms with Crippen molar-refractivity contribution in [2.45, 2.75) is 38.6 Å². The average Bonchev–Trinajstić information content (AvgIpc) is 2.64. The summed E-state index contributed by atoms with van der Waals surface area (Å²) in [5, 5.41) is 16.4. The van der Waals surface area contributed by atoms with E-state index in [2.05, 4.69) is 10.4 Å². The Hall–Kier alpha value is -1.60. The summed E-state index contributed by atoms with van der Waals surface area (Å²) < 4.78 is 7.43. The van der Waals surface area contributed by atoms with Gasteiger partial charge in [0.15, 0.2) is 0 Å². The summed E-state index contributed by atoms with van der Waals surface area (Å²) in [6.45, 7) is 6.37. The Bertz CT molecular complexity index is 470. The van der Waals surface area contributed by atoms with Crippen molar-refractivity contribution in [3.8, 4) is 5.88 Å². The highest BCUT2D eigenvalue weighted by Crippen LogP contribution is 2.36. The molecule has 1 aliphatic rings. The molecule has 1 aromatic heterocycles. The normalized spacial score (nSPS) is 23.5. The van der Waals surface area contributed by atoms with Crippen LogP contribution in [0, 0.1) is 0 Å². The number of likely N-dealkylation sites (tertiary alicyclic amines) is 1. The minimum Gasteiger partial charge on any atom is -0.469 e. The Morgan fingerprint density at radius 1 is 1.68 bits per heavy atom. The van der Waals surface area contributed by atoms with Crippen LogP contribution in [0.1, 0.15) is 20.8 Å². The second-order valence-electron chi connectivity index (χ2n) is 5.33. The van der Waals surface area contributed by atoms with Crippen molar-refractivity contribution in [2.24, 2.45) is 7.05 Å². The van der Waals surface area contributed by atoms with Gasteiger partial charge in [0.25, 0.3) is 5.88 Å². The largest absolute Gasteiger partial charge is 0.469 e. The molecule has 2 N–H and O–H groups in total. The summed E-state index contributed by atoms with van der Waals surface area (Å²) in [6, 6.07) is 0. The number of aliphatic hydroxyl groups is 1. The van der Waals surface area contributed by atoms with E-state index in [1.807, 2.05) is 18.7 Å². The summed E-state index contributed by atoms with van der Waals surface area (Å²) in [4.78, 5) is 12.5. The van der Waals surface area contributed by atoms with Gasteiger partial charge in [0.1, 0.15) is 18.0 Å². The van der Waals surface area contributed by atoms with E-state index < -0.39 is 6.23 Å². The average molecular weight is 268 g/mol. The van der Waals surface area contributed by atoms with Crippen LogP contribution < -0.4 is 10.1 Å². The van der Waals surface area contributed by atoms with Crippen LogP contribution in [0.25, 0.3) is 0 Å². The van der Waals surface area contributed by atoms with Gasteiger partial charge in [-0.15, -0.1) is 5.10 Å². The predicted octanol–water partition coefficient (Wildman–Crippen LogP) is 0.168. The minimum absolute atomic E-state index is 0.0794. The number of aliphatic hydroxyl groups excluding tert-OH is 1. The number of aryl methyl sites for hydroxylation is 1. The van der Waals surface area contributed by atoms with Crippen LogP contribution in [0.3, 0.4) is 0 Å². The summed E-state index contributed by atoms with van der Waals surface area (Å²) in [6.07, 6.45) is 1.69. The van der Waals surface area contributed by atoms with Crippen molar-refractivity contribution in [3.05, 3.63) is 6.20 Å². The highest BCUT2D eigenvalue weighted by atomic mass is 16.5. The minimum atomic E-state index is -0.508. The van der Waals surface area contributed by atoms with Crippen LogP contribution >= 0.6 is 0 Å². The SMILES string of the molecule is CC(O)N1CC(Oc2nn(C)cc2NC=O)C1(C)C. The molecule has 19 heavy (non-hydrogen) atoms. The molecule has 0 saturated carbocycles. The molecule has 1 amide bonds. The van der Waals surface area contributed by atoms with E-state index in [0.29, 0.717) is 24.5 Å². The molecule has 0 bridgehead atoms. The predicted molar refractivity (Wildman–Crippen MR) is 69.8 cm³/mol. The first-order valence-corrected chi connectivity index (χ1v) is 6.21. The van der Waals surface area contributed by atoms with Gasteiger partial charge < -0.3 is 15.2 Å². The van der Waals surface area contributed by atoms with Crippen molar-refractivity contribution >= 4 is 12.1 Å². The topological polar surface area (TPSA) is 79.6 Å². The van der Waals surface area contributed by atoms with E-state index in [4.69, 9.17) is 4.74 Å². The molecule has 1 aliphatic heterocycles. The number of nitrogens with zero attached hydrogens (tertiary/aromatic N) is 3. The van der Waals surface area contributed by atoms with Gasteiger partial charge in [0.05, 0.1) is 11.7 Å². The van der Waals surface area contributed by atoms with E-state index in [1.54, 1.807) is 24.9 Å². The van der Waals surface area contributed by atoms with Gasteiger partial charge in [-0.2, -0.15) is 0 Å². The van der Waals surface area contributed by atoms with Crippen LogP contribution in [-0.2, 0) is 11.8 Å². The fourth-order valence-electron chi connectivity index (χ4n) is 2.38. The maximum absolute atomic E-state index is 10.5. The molecule has 1 saturated heterocycles. The fraction of sp³-hybridized carbons (Fsp3) is 0.667. The number of amides is 1. The lowest BCUT2D eigenvalue weighted by atomic mass is 9.85. The number of hydrogen-bond donors (Lipinski definition) is 2. The Kier molecular flexibility index (Phi) is 3.51. The fourth-order valence-corrected chi connectivity index (χ4v) is 2.38. The van der Waals surface area contributed by atoms with Crippen LogP contribution in [-0.4, -0.2) is 50.6 Å². The zero-order valence-electron chi connectivity index (χ0n) is 11.6. The van der Waals surface area contributed by atoms with Gasteiger partial charge in [-0.25, -0.2) is 0 Å². The van der Waals surface area contributed by atoms with Crippen LogP contribution in [0.4, 0.5) is 5.69 Å². The van der Waals surface area contributed by atoms with Gasteiger partial charge in [-0.3, -0.25) is 14.4 Å². The molecule has 1 fully saturated rings. The number of anilines is 1. The van der Waals surface area contributed by atoms with E-state index in [0.717, 1.165) is 0 Å². The summed E-state index contributed by atoms with van der Waals surface area (Å²) in [5.74, 6) is 0.401. The smallest absolute Gasteiger partial charge is 0.257 e. The molecule has 0 spiro atoms. The van der Waals surface area contributed by atoms with E-state index >= 15 is 0 Å². The number of aromatic nitrogens is 2. The molecule has 7 heteroatoms. The van der Waals surface area contributed by atoms with Crippen LogP contribution in [0.15, 0.2) is 6.20 Å². The summed E-state index contributed by atoms with van der Waals surface area (Å²) in [7, 11) is 1.76. The second kappa shape index (κ2) is 4.82. The molecular formula is C12H20N4O3. The van der Waals surface area contributed by atoms with Crippen LogP contribution in [0.5, 0.6) is 5.88 Å². The first-order chi connectivity index (χ1) is 8.86. The maximum atomic E-state index is 10.5. The lowest BCUT2D eigenvalue weighted by molar-refractivity contribution is -0.173. The molecule has 0 aromatic carbocycles. The number of carbonyl (C=O) groups excluding carboxylic acids is 1. The monoisotopic (exact) mass is 268 g/mol. The Labute approximate surface area is 112 Å². The highest BCUT2D eigenvalue weighted by molar-refractivity contribution is 5.73. The third-order valence-corrected chi connectivity index (χ3v) is 3.60.